The summed E-state index contributed by atoms with van der Waals surface area (Å²) in [6, 6.07) is 1.55. The minimum atomic E-state index is -0.149. The SMILES string of the molecule is CCCCCCOc1c(C)c(C)cc(O)c1O. The van der Waals surface area contributed by atoms with Crippen LogP contribution in [0.15, 0.2) is 6.07 Å². The van der Waals surface area contributed by atoms with Gasteiger partial charge in [-0.15, -0.1) is 0 Å². The first kappa shape index (κ1) is 13.7. The van der Waals surface area contributed by atoms with E-state index in [4.69, 9.17) is 4.74 Å². The Bertz CT molecular complexity index is 346. The Morgan fingerprint density at radius 3 is 2.47 bits per heavy atom. The van der Waals surface area contributed by atoms with Crippen LogP contribution in [0, 0.1) is 13.8 Å². The molecule has 1 rings (SSSR count). The predicted molar refractivity (Wildman–Crippen MR) is 68.9 cm³/mol. The van der Waals surface area contributed by atoms with E-state index in [1.165, 1.54) is 12.8 Å². The van der Waals surface area contributed by atoms with Gasteiger partial charge in [0, 0.05) is 0 Å². The van der Waals surface area contributed by atoms with Gasteiger partial charge in [0.2, 0.25) is 5.75 Å². The van der Waals surface area contributed by atoms with Crippen molar-refractivity contribution in [3.8, 4) is 17.2 Å². The number of hydrogen-bond acceptors (Lipinski definition) is 3. The summed E-state index contributed by atoms with van der Waals surface area (Å²) in [6.45, 7) is 6.51. The molecule has 3 nitrogen and oxygen atoms in total. The number of phenols is 2. The van der Waals surface area contributed by atoms with Crippen molar-refractivity contribution >= 4 is 0 Å². The lowest BCUT2D eigenvalue weighted by Crippen LogP contribution is -2.00. The van der Waals surface area contributed by atoms with Gasteiger partial charge in [0.25, 0.3) is 0 Å². The normalized spacial score (nSPS) is 10.5. The summed E-state index contributed by atoms with van der Waals surface area (Å²) in [6.07, 6.45) is 4.50. The summed E-state index contributed by atoms with van der Waals surface area (Å²) >= 11 is 0. The summed E-state index contributed by atoms with van der Waals surface area (Å²) in [5.41, 5.74) is 1.81. The van der Waals surface area contributed by atoms with Gasteiger partial charge in [0.1, 0.15) is 0 Å². The van der Waals surface area contributed by atoms with Crippen molar-refractivity contribution in [1.82, 2.24) is 0 Å². The maximum atomic E-state index is 9.73. The fourth-order valence-electron chi connectivity index (χ4n) is 1.73. The zero-order valence-electron chi connectivity index (χ0n) is 10.9. The second kappa shape index (κ2) is 6.38. The first-order valence-electron chi connectivity index (χ1n) is 6.22. The highest BCUT2D eigenvalue weighted by molar-refractivity contribution is 5.56. The van der Waals surface area contributed by atoms with Crippen molar-refractivity contribution in [1.29, 1.82) is 0 Å². The van der Waals surface area contributed by atoms with E-state index in [-0.39, 0.29) is 11.5 Å². The number of hydrogen-bond donors (Lipinski definition) is 2. The Labute approximate surface area is 103 Å². The molecule has 0 bridgehead atoms. The number of benzene rings is 1. The monoisotopic (exact) mass is 238 g/mol. The molecule has 17 heavy (non-hydrogen) atoms. The van der Waals surface area contributed by atoms with Gasteiger partial charge in [-0.3, -0.25) is 0 Å². The maximum Gasteiger partial charge on any atom is 0.200 e. The van der Waals surface area contributed by atoms with Crippen LogP contribution in [0.5, 0.6) is 17.2 Å². The van der Waals surface area contributed by atoms with Crippen molar-refractivity contribution in [3.05, 3.63) is 17.2 Å². The van der Waals surface area contributed by atoms with Crippen LogP contribution in [0.4, 0.5) is 0 Å². The average Bonchev–Trinajstić information content (AvgIpc) is 2.30. The van der Waals surface area contributed by atoms with Crippen LogP contribution < -0.4 is 4.74 Å². The molecular formula is C14H22O3. The van der Waals surface area contributed by atoms with Gasteiger partial charge in [0.05, 0.1) is 6.61 Å². The molecule has 0 amide bonds. The molecule has 96 valence electrons. The molecule has 2 N–H and O–H groups in total. The second-order valence-electron chi connectivity index (χ2n) is 4.42. The second-order valence-corrected chi connectivity index (χ2v) is 4.42. The van der Waals surface area contributed by atoms with Gasteiger partial charge in [-0.05, 0) is 37.5 Å². The van der Waals surface area contributed by atoms with E-state index in [0.29, 0.717) is 12.4 Å². The first-order valence-corrected chi connectivity index (χ1v) is 6.22. The van der Waals surface area contributed by atoms with Crippen molar-refractivity contribution in [2.75, 3.05) is 6.61 Å². The largest absolute Gasteiger partial charge is 0.504 e. The standard InChI is InChI=1S/C14H22O3/c1-4-5-6-7-8-17-14-11(3)10(2)9-12(15)13(14)16/h9,15-16H,4-8H2,1-3H3. The van der Waals surface area contributed by atoms with Crippen molar-refractivity contribution in [2.45, 2.75) is 46.5 Å². The van der Waals surface area contributed by atoms with Crippen LogP contribution in [0.1, 0.15) is 43.7 Å². The minimum Gasteiger partial charge on any atom is -0.504 e. The summed E-state index contributed by atoms with van der Waals surface area (Å²) in [5, 5.41) is 19.2. The molecule has 0 radical (unpaired) electrons. The van der Waals surface area contributed by atoms with Crippen LogP contribution in [0.25, 0.3) is 0 Å². The maximum absolute atomic E-state index is 9.73. The van der Waals surface area contributed by atoms with Gasteiger partial charge in [-0.25, -0.2) is 0 Å². The van der Waals surface area contributed by atoms with Crippen molar-refractivity contribution < 1.29 is 14.9 Å². The van der Waals surface area contributed by atoms with Gasteiger partial charge in [-0.2, -0.15) is 0 Å². The Balaban J connectivity index is 2.64. The number of ether oxygens (including phenoxy) is 1. The molecule has 0 aliphatic heterocycles. The van der Waals surface area contributed by atoms with E-state index in [0.717, 1.165) is 24.0 Å². The van der Waals surface area contributed by atoms with E-state index in [2.05, 4.69) is 6.92 Å². The molecule has 0 atom stereocenters. The van der Waals surface area contributed by atoms with Crippen molar-refractivity contribution in [2.24, 2.45) is 0 Å². The molecule has 0 saturated carbocycles. The summed E-state index contributed by atoms with van der Waals surface area (Å²) < 4.78 is 5.57. The Kier molecular flexibility index (Phi) is 5.13. The fourth-order valence-corrected chi connectivity index (χ4v) is 1.73. The van der Waals surface area contributed by atoms with E-state index < -0.39 is 0 Å². The van der Waals surface area contributed by atoms with Gasteiger partial charge in [-0.1, -0.05) is 26.2 Å². The number of rotatable bonds is 6. The minimum absolute atomic E-state index is 0.114. The molecule has 1 aromatic carbocycles. The Morgan fingerprint density at radius 1 is 1.12 bits per heavy atom. The Hall–Kier alpha value is -1.38. The summed E-state index contributed by atoms with van der Waals surface area (Å²) in [5.74, 6) is 0.152. The Morgan fingerprint density at radius 2 is 1.82 bits per heavy atom. The number of aryl methyl sites for hydroxylation is 1. The molecule has 0 spiro atoms. The quantitative estimate of drug-likeness (QED) is 0.587. The highest BCUT2D eigenvalue weighted by atomic mass is 16.5. The molecule has 0 fully saturated rings. The van der Waals surface area contributed by atoms with Crippen LogP contribution in [0.3, 0.4) is 0 Å². The lowest BCUT2D eigenvalue weighted by atomic mass is 10.1. The van der Waals surface area contributed by atoms with E-state index in [9.17, 15) is 10.2 Å². The molecule has 0 saturated heterocycles. The fraction of sp³-hybridized carbons (Fsp3) is 0.571. The van der Waals surface area contributed by atoms with Crippen LogP contribution in [0.2, 0.25) is 0 Å². The molecule has 3 heteroatoms. The molecule has 0 aliphatic carbocycles. The first-order chi connectivity index (χ1) is 8.07. The predicted octanol–water partition coefficient (Wildman–Crippen LogP) is 3.67. The van der Waals surface area contributed by atoms with Gasteiger partial charge < -0.3 is 14.9 Å². The average molecular weight is 238 g/mol. The number of unbranched alkanes of at least 4 members (excludes halogenated alkanes) is 3. The third-order valence-electron chi connectivity index (χ3n) is 2.99. The molecule has 0 aromatic heterocycles. The van der Waals surface area contributed by atoms with Gasteiger partial charge in [0.15, 0.2) is 11.5 Å². The molecule has 0 unspecified atom stereocenters. The van der Waals surface area contributed by atoms with Crippen LogP contribution in [-0.4, -0.2) is 16.8 Å². The van der Waals surface area contributed by atoms with E-state index >= 15 is 0 Å². The van der Waals surface area contributed by atoms with E-state index in [1.807, 2.05) is 13.8 Å². The smallest absolute Gasteiger partial charge is 0.200 e. The molecule has 0 aliphatic rings. The van der Waals surface area contributed by atoms with Crippen LogP contribution >= 0.6 is 0 Å². The molecule has 0 heterocycles. The van der Waals surface area contributed by atoms with Gasteiger partial charge >= 0.3 is 0 Å². The lowest BCUT2D eigenvalue weighted by Gasteiger charge is -2.13. The zero-order valence-corrected chi connectivity index (χ0v) is 10.9. The highest BCUT2D eigenvalue weighted by Gasteiger charge is 2.13. The third-order valence-corrected chi connectivity index (χ3v) is 2.99. The number of phenolic OH excluding ortho intramolecular Hbond substituents is 2. The number of aromatic hydroxyl groups is 2. The molecular weight excluding hydrogens is 216 g/mol. The lowest BCUT2D eigenvalue weighted by molar-refractivity contribution is 0.281. The van der Waals surface area contributed by atoms with Crippen LogP contribution in [-0.2, 0) is 0 Å². The van der Waals surface area contributed by atoms with Crippen molar-refractivity contribution in [3.63, 3.8) is 0 Å². The summed E-state index contributed by atoms with van der Waals surface area (Å²) in [7, 11) is 0. The molecule has 1 aromatic rings. The third kappa shape index (κ3) is 3.55. The highest BCUT2D eigenvalue weighted by Crippen LogP contribution is 2.39. The zero-order chi connectivity index (χ0) is 12.8. The van der Waals surface area contributed by atoms with E-state index in [1.54, 1.807) is 6.07 Å². The summed E-state index contributed by atoms with van der Waals surface area (Å²) in [4.78, 5) is 0. The topological polar surface area (TPSA) is 49.7 Å².